The van der Waals surface area contributed by atoms with E-state index < -0.39 is 0 Å². The van der Waals surface area contributed by atoms with Crippen LogP contribution in [0.25, 0.3) is 0 Å². The molecule has 2 rings (SSSR count). The summed E-state index contributed by atoms with van der Waals surface area (Å²) in [5.41, 5.74) is 1.26. The van der Waals surface area contributed by atoms with Crippen LogP contribution in [0, 0.1) is 5.92 Å². The molecule has 0 amide bonds. The third kappa shape index (κ3) is 3.87. The van der Waals surface area contributed by atoms with Crippen LogP contribution in [0.15, 0.2) is 24.3 Å². The first-order chi connectivity index (χ1) is 9.10. The van der Waals surface area contributed by atoms with Gasteiger partial charge >= 0.3 is 0 Å². The Kier molecular flexibility index (Phi) is 5.12. The molecule has 1 saturated heterocycles. The number of nitrogens with one attached hydrogen (secondary N) is 1. The maximum absolute atomic E-state index is 6.13. The lowest BCUT2D eigenvalue weighted by Crippen LogP contribution is -2.56. The maximum Gasteiger partial charge on any atom is 0.0426 e. The smallest absolute Gasteiger partial charge is 0.0426 e. The summed E-state index contributed by atoms with van der Waals surface area (Å²) < 4.78 is 0. The van der Waals surface area contributed by atoms with Gasteiger partial charge in [0.1, 0.15) is 0 Å². The van der Waals surface area contributed by atoms with E-state index in [0.717, 1.165) is 30.5 Å². The van der Waals surface area contributed by atoms with Crippen LogP contribution in [0.5, 0.6) is 0 Å². The van der Waals surface area contributed by atoms with Crippen molar-refractivity contribution >= 4 is 17.3 Å². The Balaban J connectivity index is 2.13. The molecule has 3 heteroatoms. The zero-order valence-electron chi connectivity index (χ0n) is 12.2. The summed E-state index contributed by atoms with van der Waals surface area (Å²) in [4.78, 5) is 2.52. The van der Waals surface area contributed by atoms with Gasteiger partial charge in [0.05, 0.1) is 0 Å². The van der Waals surface area contributed by atoms with Gasteiger partial charge in [-0.3, -0.25) is 0 Å². The average Bonchev–Trinajstić information content (AvgIpc) is 2.38. The average molecular weight is 281 g/mol. The van der Waals surface area contributed by atoms with E-state index in [1.165, 1.54) is 12.1 Å². The van der Waals surface area contributed by atoms with Crippen molar-refractivity contribution < 1.29 is 0 Å². The highest BCUT2D eigenvalue weighted by Gasteiger charge is 2.27. The van der Waals surface area contributed by atoms with Gasteiger partial charge in [0.2, 0.25) is 0 Å². The van der Waals surface area contributed by atoms with Crippen molar-refractivity contribution in [2.75, 3.05) is 18.0 Å². The standard InChI is InChI=1S/C16H25ClN2/c1-4-15-10-18-14(8-12(2)3)11-19(15)16-7-5-6-13(17)9-16/h5-7,9,12,14-15,18H,4,8,10-11H2,1-3H3. The Hall–Kier alpha value is -0.730. The molecule has 19 heavy (non-hydrogen) atoms. The Morgan fingerprint density at radius 1 is 1.42 bits per heavy atom. The number of hydrogen-bond acceptors (Lipinski definition) is 2. The molecule has 0 spiro atoms. The summed E-state index contributed by atoms with van der Waals surface area (Å²) in [6, 6.07) is 9.40. The molecule has 0 saturated carbocycles. The minimum Gasteiger partial charge on any atom is -0.366 e. The van der Waals surface area contributed by atoms with E-state index in [9.17, 15) is 0 Å². The van der Waals surface area contributed by atoms with Gasteiger partial charge in [-0.2, -0.15) is 0 Å². The van der Waals surface area contributed by atoms with Gasteiger partial charge in [0, 0.05) is 35.9 Å². The molecule has 1 aliphatic heterocycles. The van der Waals surface area contributed by atoms with Crippen LogP contribution in [0.4, 0.5) is 5.69 Å². The molecule has 1 aromatic rings. The van der Waals surface area contributed by atoms with E-state index in [2.05, 4.69) is 43.1 Å². The van der Waals surface area contributed by atoms with Gasteiger partial charge in [0.15, 0.2) is 0 Å². The molecule has 2 nitrogen and oxygen atoms in total. The fraction of sp³-hybridized carbons (Fsp3) is 0.625. The second kappa shape index (κ2) is 6.62. The Morgan fingerprint density at radius 2 is 2.21 bits per heavy atom. The van der Waals surface area contributed by atoms with Crippen LogP contribution in [-0.2, 0) is 0 Å². The predicted molar refractivity (Wildman–Crippen MR) is 84.1 cm³/mol. The molecule has 106 valence electrons. The number of nitrogens with zero attached hydrogens (tertiary/aromatic N) is 1. The summed E-state index contributed by atoms with van der Waals surface area (Å²) in [6.07, 6.45) is 2.39. The summed E-state index contributed by atoms with van der Waals surface area (Å²) in [5.74, 6) is 0.733. The zero-order chi connectivity index (χ0) is 13.8. The number of anilines is 1. The molecule has 1 N–H and O–H groups in total. The first kappa shape index (κ1) is 14.7. The van der Waals surface area contributed by atoms with Gasteiger partial charge in [-0.25, -0.2) is 0 Å². The van der Waals surface area contributed by atoms with Crippen LogP contribution >= 0.6 is 11.6 Å². The predicted octanol–water partition coefficient (Wildman–Crippen LogP) is 3.94. The van der Waals surface area contributed by atoms with Crippen molar-refractivity contribution in [2.24, 2.45) is 5.92 Å². The number of hydrogen-bond donors (Lipinski definition) is 1. The van der Waals surface area contributed by atoms with Gasteiger partial charge < -0.3 is 10.2 Å². The summed E-state index contributed by atoms with van der Waals surface area (Å²) in [6.45, 7) is 8.98. The van der Waals surface area contributed by atoms with Crippen LogP contribution in [0.1, 0.15) is 33.6 Å². The Morgan fingerprint density at radius 3 is 2.84 bits per heavy atom. The van der Waals surface area contributed by atoms with E-state index in [-0.39, 0.29) is 0 Å². The molecular formula is C16H25ClN2. The first-order valence-corrected chi connectivity index (χ1v) is 7.73. The van der Waals surface area contributed by atoms with Gasteiger partial charge in [-0.15, -0.1) is 0 Å². The number of rotatable bonds is 4. The summed E-state index contributed by atoms with van der Waals surface area (Å²) >= 11 is 6.13. The Labute approximate surface area is 122 Å². The van der Waals surface area contributed by atoms with Crippen molar-refractivity contribution in [2.45, 2.75) is 45.7 Å². The van der Waals surface area contributed by atoms with E-state index in [0.29, 0.717) is 12.1 Å². The molecule has 0 radical (unpaired) electrons. The molecule has 1 aromatic carbocycles. The highest BCUT2D eigenvalue weighted by molar-refractivity contribution is 6.30. The Bertz CT molecular complexity index is 405. The minimum absolute atomic E-state index is 0.571. The lowest BCUT2D eigenvalue weighted by Gasteiger charge is -2.42. The molecule has 1 fully saturated rings. The molecule has 1 aliphatic rings. The van der Waals surface area contributed by atoms with E-state index in [1.54, 1.807) is 0 Å². The molecule has 0 aliphatic carbocycles. The quantitative estimate of drug-likeness (QED) is 0.899. The number of piperazine rings is 1. The maximum atomic E-state index is 6.13. The SMILES string of the molecule is CCC1CNC(CC(C)C)CN1c1cccc(Cl)c1. The normalized spacial score (nSPS) is 23.9. The fourth-order valence-corrected chi connectivity index (χ4v) is 3.11. The lowest BCUT2D eigenvalue weighted by atomic mass is 9.98. The minimum atomic E-state index is 0.571. The molecule has 2 unspecified atom stereocenters. The molecule has 0 bridgehead atoms. The number of benzene rings is 1. The second-order valence-corrected chi connectivity index (χ2v) is 6.37. The summed E-state index contributed by atoms with van der Waals surface area (Å²) in [7, 11) is 0. The van der Waals surface area contributed by atoms with E-state index >= 15 is 0 Å². The van der Waals surface area contributed by atoms with Crippen LogP contribution in [0.2, 0.25) is 5.02 Å². The van der Waals surface area contributed by atoms with E-state index in [4.69, 9.17) is 11.6 Å². The molecular weight excluding hydrogens is 256 g/mol. The van der Waals surface area contributed by atoms with Gasteiger partial charge in [0.25, 0.3) is 0 Å². The largest absolute Gasteiger partial charge is 0.366 e. The third-order valence-electron chi connectivity index (χ3n) is 3.87. The summed E-state index contributed by atoms with van der Waals surface area (Å²) in [5, 5.41) is 4.52. The van der Waals surface area contributed by atoms with Crippen molar-refractivity contribution in [1.29, 1.82) is 0 Å². The van der Waals surface area contributed by atoms with Crippen molar-refractivity contribution in [3.05, 3.63) is 29.3 Å². The lowest BCUT2D eigenvalue weighted by molar-refractivity contribution is 0.343. The highest BCUT2D eigenvalue weighted by atomic mass is 35.5. The van der Waals surface area contributed by atoms with Gasteiger partial charge in [-0.05, 0) is 37.0 Å². The molecule has 1 heterocycles. The molecule has 0 aromatic heterocycles. The van der Waals surface area contributed by atoms with Crippen molar-refractivity contribution in [1.82, 2.24) is 5.32 Å². The third-order valence-corrected chi connectivity index (χ3v) is 4.10. The molecule has 2 atom stereocenters. The topological polar surface area (TPSA) is 15.3 Å². The van der Waals surface area contributed by atoms with Crippen LogP contribution < -0.4 is 10.2 Å². The number of halogens is 1. The van der Waals surface area contributed by atoms with Crippen LogP contribution in [-0.4, -0.2) is 25.2 Å². The van der Waals surface area contributed by atoms with Crippen LogP contribution in [0.3, 0.4) is 0 Å². The monoisotopic (exact) mass is 280 g/mol. The highest BCUT2D eigenvalue weighted by Crippen LogP contribution is 2.25. The van der Waals surface area contributed by atoms with Crippen molar-refractivity contribution in [3.8, 4) is 0 Å². The fourth-order valence-electron chi connectivity index (χ4n) is 2.93. The van der Waals surface area contributed by atoms with Gasteiger partial charge in [-0.1, -0.05) is 38.4 Å². The van der Waals surface area contributed by atoms with E-state index in [1.807, 2.05) is 12.1 Å². The first-order valence-electron chi connectivity index (χ1n) is 7.35. The zero-order valence-corrected chi connectivity index (χ0v) is 13.0. The second-order valence-electron chi connectivity index (χ2n) is 5.93. The van der Waals surface area contributed by atoms with Crippen molar-refractivity contribution in [3.63, 3.8) is 0 Å².